The number of hydrogen-bond acceptors (Lipinski definition) is 5. The maximum Gasteiger partial charge on any atom is 0.250 e. The summed E-state index contributed by atoms with van der Waals surface area (Å²) in [4.78, 5) is 40.7. The minimum Gasteiger partial charge on any atom is -0.392 e. The van der Waals surface area contributed by atoms with Gasteiger partial charge >= 0.3 is 0 Å². The Bertz CT molecular complexity index is 808. The number of anilines is 1. The predicted molar refractivity (Wildman–Crippen MR) is 93.9 cm³/mol. The Labute approximate surface area is 151 Å². The van der Waals surface area contributed by atoms with Crippen molar-refractivity contribution in [2.75, 3.05) is 5.32 Å². The van der Waals surface area contributed by atoms with Crippen LogP contribution in [-0.4, -0.2) is 45.9 Å². The van der Waals surface area contributed by atoms with Crippen molar-refractivity contribution in [2.45, 2.75) is 50.9 Å². The molecule has 4 rings (SSSR count). The van der Waals surface area contributed by atoms with Gasteiger partial charge in [-0.15, -0.1) is 0 Å². The number of carbonyl (C=O) groups excluding carboxylic acids is 3. The SMILES string of the molecule is CC[C@@H](C)N1C(=O)[C@@H]2[C@@H]([C@H](C)O)N[C@]3(C(=O)Nc4ccccc43)[C@@H]2C1=O. The first-order valence-corrected chi connectivity index (χ1v) is 9.08. The van der Waals surface area contributed by atoms with Crippen LogP contribution in [0.4, 0.5) is 5.69 Å². The average molecular weight is 357 g/mol. The molecule has 0 aliphatic carbocycles. The standard InChI is InChI=1S/C19H23N3O4/c1-4-9(2)22-16(24)13-14(17(22)25)19(21-15(13)10(3)23)11-7-5-6-8-12(11)20-18(19)26/h5-10,13-15,21,23H,4H2,1-3H3,(H,20,26)/t9-,10+,13+,14+,15-,19+/m1/s1. The van der Waals surface area contributed by atoms with Gasteiger partial charge in [0.2, 0.25) is 17.7 Å². The summed E-state index contributed by atoms with van der Waals surface area (Å²) in [5, 5.41) is 16.3. The van der Waals surface area contributed by atoms with Gasteiger partial charge in [-0.3, -0.25) is 24.6 Å². The van der Waals surface area contributed by atoms with Gasteiger partial charge < -0.3 is 10.4 Å². The molecule has 1 aromatic rings. The smallest absolute Gasteiger partial charge is 0.250 e. The van der Waals surface area contributed by atoms with Crippen LogP contribution in [0.2, 0.25) is 0 Å². The highest BCUT2D eigenvalue weighted by Crippen LogP contribution is 2.53. The lowest BCUT2D eigenvalue weighted by atomic mass is 9.76. The third-order valence-corrected chi connectivity index (χ3v) is 6.14. The summed E-state index contributed by atoms with van der Waals surface area (Å²) in [6.07, 6.45) is -0.240. The van der Waals surface area contributed by atoms with Gasteiger partial charge in [-0.25, -0.2) is 0 Å². The number of fused-ring (bicyclic) bond motifs is 4. The molecule has 1 aromatic carbocycles. The Morgan fingerprint density at radius 2 is 1.88 bits per heavy atom. The zero-order valence-electron chi connectivity index (χ0n) is 15.0. The van der Waals surface area contributed by atoms with Crippen LogP contribution < -0.4 is 10.6 Å². The number of amides is 3. The fourth-order valence-corrected chi connectivity index (χ4v) is 4.74. The molecule has 26 heavy (non-hydrogen) atoms. The molecule has 1 spiro atoms. The fraction of sp³-hybridized carbons (Fsp3) is 0.526. The summed E-state index contributed by atoms with van der Waals surface area (Å²) in [6.45, 7) is 5.32. The summed E-state index contributed by atoms with van der Waals surface area (Å²) in [5.41, 5.74) is -0.0229. The summed E-state index contributed by atoms with van der Waals surface area (Å²) in [5.74, 6) is -2.59. The van der Waals surface area contributed by atoms with E-state index in [-0.39, 0.29) is 23.8 Å². The lowest BCUT2D eigenvalue weighted by molar-refractivity contribution is -0.145. The largest absolute Gasteiger partial charge is 0.392 e. The number of nitrogens with zero attached hydrogens (tertiary/aromatic N) is 1. The Kier molecular flexibility index (Phi) is 3.71. The number of aliphatic hydroxyl groups is 1. The van der Waals surface area contributed by atoms with Crippen LogP contribution in [0.3, 0.4) is 0 Å². The lowest BCUT2D eigenvalue weighted by Gasteiger charge is -2.31. The first kappa shape index (κ1) is 17.2. The van der Waals surface area contributed by atoms with E-state index in [1.165, 1.54) is 4.90 Å². The highest BCUT2D eigenvalue weighted by atomic mass is 16.3. The van der Waals surface area contributed by atoms with E-state index in [9.17, 15) is 19.5 Å². The number of rotatable bonds is 3. The first-order chi connectivity index (χ1) is 12.3. The van der Waals surface area contributed by atoms with Crippen LogP contribution in [0.25, 0.3) is 0 Å². The highest BCUT2D eigenvalue weighted by molar-refractivity contribution is 6.15. The Morgan fingerprint density at radius 1 is 1.19 bits per heavy atom. The summed E-state index contributed by atoms with van der Waals surface area (Å²) < 4.78 is 0. The number of carbonyl (C=O) groups is 3. The van der Waals surface area contributed by atoms with Gasteiger partial charge in [0.1, 0.15) is 5.54 Å². The normalized spacial score (nSPS) is 34.8. The molecule has 3 aliphatic heterocycles. The van der Waals surface area contributed by atoms with Crippen molar-refractivity contribution in [3.63, 3.8) is 0 Å². The van der Waals surface area contributed by atoms with Gasteiger partial charge in [0, 0.05) is 23.3 Å². The average Bonchev–Trinajstić information content (AvgIpc) is 3.20. The van der Waals surface area contributed by atoms with Gasteiger partial charge in [-0.2, -0.15) is 0 Å². The van der Waals surface area contributed by atoms with E-state index in [0.717, 1.165) is 0 Å². The number of para-hydroxylation sites is 1. The Morgan fingerprint density at radius 3 is 2.54 bits per heavy atom. The molecule has 0 radical (unpaired) electrons. The van der Waals surface area contributed by atoms with Crippen LogP contribution in [0.1, 0.15) is 32.8 Å². The topological polar surface area (TPSA) is 98.7 Å². The van der Waals surface area contributed by atoms with Gasteiger partial charge in [0.05, 0.1) is 17.9 Å². The van der Waals surface area contributed by atoms with E-state index in [4.69, 9.17) is 0 Å². The van der Waals surface area contributed by atoms with E-state index in [2.05, 4.69) is 10.6 Å². The second-order valence-corrected chi connectivity index (χ2v) is 7.53. The van der Waals surface area contributed by atoms with Crippen molar-refractivity contribution in [3.05, 3.63) is 29.8 Å². The molecule has 3 amide bonds. The van der Waals surface area contributed by atoms with Crippen molar-refractivity contribution < 1.29 is 19.5 Å². The molecule has 7 heteroatoms. The van der Waals surface area contributed by atoms with Crippen molar-refractivity contribution in [1.82, 2.24) is 10.2 Å². The number of aliphatic hydroxyl groups excluding tert-OH is 1. The van der Waals surface area contributed by atoms with E-state index < -0.39 is 29.5 Å². The molecule has 2 fully saturated rings. The van der Waals surface area contributed by atoms with Gasteiger partial charge in [-0.05, 0) is 26.3 Å². The van der Waals surface area contributed by atoms with Crippen LogP contribution in [0.5, 0.6) is 0 Å². The molecule has 2 saturated heterocycles. The third-order valence-electron chi connectivity index (χ3n) is 6.14. The minimum atomic E-state index is -1.32. The van der Waals surface area contributed by atoms with Crippen LogP contribution in [-0.2, 0) is 19.9 Å². The molecule has 0 unspecified atom stereocenters. The molecule has 0 aromatic heterocycles. The number of imide groups is 1. The predicted octanol–water partition coefficient (Wildman–Crippen LogP) is 0.586. The van der Waals surface area contributed by atoms with Crippen LogP contribution in [0, 0.1) is 11.8 Å². The number of hydrogen-bond donors (Lipinski definition) is 3. The molecule has 6 atom stereocenters. The second-order valence-electron chi connectivity index (χ2n) is 7.53. The van der Waals surface area contributed by atoms with E-state index in [1.54, 1.807) is 25.1 Å². The van der Waals surface area contributed by atoms with Gasteiger partial charge in [0.15, 0.2) is 0 Å². The number of nitrogens with one attached hydrogen (secondary N) is 2. The monoisotopic (exact) mass is 357 g/mol. The molecule has 0 saturated carbocycles. The maximum atomic E-state index is 13.3. The molecule has 138 valence electrons. The van der Waals surface area contributed by atoms with Crippen LogP contribution in [0.15, 0.2) is 24.3 Å². The first-order valence-electron chi connectivity index (χ1n) is 9.08. The minimum absolute atomic E-state index is 0.244. The molecular weight excluding hydrogens is 334 g/mol. The maximum absolute atomic E-state index is 13.3. The van der Waals surface area contributed by atoms with Gasteiger partial charge in [0.25, 0.3) is 0 Å². The van der Waals surface area contributed by atoms with Gasteiger partial charge in [-0.1, -0.05) is 25.1 Å². The summed E-state index contributed by atoms with van der Waals surface area (Å²) >= 11 is 0. The van der Waals surface area contributed by atoms with Crippen molar-refractivity contribution >= 4 is 23.4 Å². The zero-order valence-corrected chi connectivity index (χ0v) is 15.0. The highest BCUT2D eigenvalue weighted by Gasteiger charge is 2.71. The number of likely N-dealkylation sites (tertiary alicyclic amines) is 1. The molecule has 3 heterocycles. The fourth-order valence-electron chi connectivity index (χ4n) is 4.74. The summed E-state index contributed by atoms with van der Waals surface area (Å²) in [7, 11) is 0. The van der Waals surface area contributed by atoms with Crippen molar-refractivity contribution in [1.29, 1.82) is 0 Å². The zero-order chi connectivity index (χ0) is 18.8. The molecule has 7 nitrogen and oxygen atoms in total. The van der Waals surface area contributed by atoms with Crippen molar-refractivity contribution in [3.8, 4) is 0 Å². The lowest BCUT2D eigenvalue weighted by Crippen LogP contribution is -2.55. The summed E-state index contributed by atoms with van der Waals surface area (Å²) in [6, 6.07) is 6.28. The number of benzene rings is 1. The third kappa shape index (κ3) is 1.92. The van der Waals surface area contributed by atoms with Crippen molar-refractivity contribution in [2.24, 2.45) is 11.8 Å². The van der Waals surface area contributed by atoms with E-state index >= 15 is 0 Å². The van der Waals surface area contributed by atoms with E-state index in [1.807, 2.05) is 19.9 Å². The molecule has 3 aliphatic rings. The van der Waals surface area contributed by atoms with E-state index in [0.29, 0.717) is 17.7 Å². The molecule has 0 bridgehead atoms. The Hall–Kier alpha value is -2.25. The quantitative estimate of drug-likeness (QED) is 0.688. The molecule has 3 N–H and O–H groups in total. The van der Waals surface area contributed by atoms with Crippen LogP contribution >= 0.6 is 0 Å². The molecular formula is C19H23N3O4. The Balaban J connectivity index is 1.90. The second kappa shape index (κ2) is 5.62.